The molecule has 0 saturated heterocycles. The van der Waals surface area contributed by atoms with Crippen molar-refractivity contribution in [2.45, 2.75) is 18.2 Å². The molecule has 1 aromatic carbocycles. The van der Waals surface area contributed by atoms with Crippen molar-refractivity contribution in [3.8, 4) is 0 Å². The van der Waals surface area contributed by atoms with Crippen LogP contribution in [0.25, 0.3) is 0 Å². The summed E-state index contributed by atoms with van der Waals surface area (Å²) < 4.78 is 23.4. The molecule has 1 rings (SSSR count). The van der Waals surface area contributed by atoms with Crippen LogP contribution in [-0.4, -0.2) is 20.7 Å². The predicted molar refractivity (Wildman–Crippen MR) is 56.9 cm³/mol. The maximum absolute atomic E-state index is 11.7. The number of hydrogen-bond donors (Lipinski definition) is 1. The summed E-state index contributed by atoms with van der Waals surface area (Å²) in [4.78, 5) is 0.394. The van der Waals surface area contributed by atoms with Gasteiger partial charge < -0.3 is 5.73 Å². The standard InChI is InChI=1S/C10H15NO2S/c1-9-4-2-5-10(8-9)14(12,13)7-3-6-11/h2,4-5,8H,3,6-7,11H2,1H3. The number of hydrogen-bond acceptors (Lipinski definition) is 3. The first kappa shape index (κ1) is 11.2. The predicted octanol–water partition coefficient (Wildman–Crippen LogP) is 1.12. The highest BCUT2D eigenvalue weighted by molar-refractivity contribution is 7.91. The third-order valence-electron chi connectivity index (χ3n) is 1.97. The van der Waals surface area contributed by atoms with Crippen molar-refractivity contribution in [3.05, 3.63) is 29.8 Å². The molecule has 0 spiro atoms. The van der Waals surface area contributed by atoms with E-state index in [4.69, 9.17) is 5.73 Å². The Morgan fingerprint density at radius 1 is 1.36 bits per heavy atom. The van der Waals surface area contributed by atoms with Gasteiger partial charge in [0.1, 0.15) is 0 Å². The molecule has 14 heavy (non-hydrogen) atoms. The van der Waals surface area contributed by atoms with Gasteiger partial charge in [0.15, 0.2) is 9.84 Å². The van der Waals surface area contributed by atoms with Crippen LogP contribution in [0, 0.1) is 6.92 Å². The van der Waals surface area contributed by atoms with Crippen LogP contribution in [-0.2, 0) is 9.84 Å². The third kappa shape index (κ3) is 2.82. The molecule has 0 unspecified atom stereocenters. The first-order chi connectivity index (χ1) is 6.56. The Morgan fingerprint density at radius 3 is 2.64 bits per heavy atom. The largest absolute Gasteiger partial charge is 0.330 e. The van der Waals surface area contributed by atoms with Crippen LogP contribution >= 0.6 is 0 Å². The van der Waals surface area contributed by atoms with Crippen LogP contribution < -0.4 is 5.73 Å². The molecule has 0 radical (unpaired) electrons. The van der Waals surface area contributed by atoms with E-state index in [2.05, 4.69) is 0 Å². The van der Waals surface area contributed by atoms with Crippen LogP contribution in [0.3, 0.4) is 0 Å². The fraction of sp³-hybridized carbons (Fsp3) is 0.400. The molecule has 0 aliphatic carbocycles. The molecule has 0 saturated carbocycles. The summed E-state index contributed by atoms with van der Waals surface area (Å²) in [5.74, 6) is 0.132. The van der Waals surface area contributed by atoms with E-state index in [0.717, 1.165) is 5.56 Å². The minimum atomic E-state index is -3.12. The molecule has 0 bridgehead atoms. The van der Waals surface area contributed by atoms with E-state index in [9.17, 15) is 8.42 Å². The van der Waals surface area contributed by atoms with Crippen molar-refractivity contribution in [2.24, 2.45) is 5.73 Å². The van der Waals surface area contributed by atoms with Crippen LogP contribution in [0.1, 0.15) is 12.0 Å². The summed E-state index contributed by atoms with van der Waals surface area (Å²) in [5, 5.41) is 0. The molecular formula is C10H15NO2S. The van der Waals surface area contributed by atoms with Crippen molar-refractivity contribution in [3.63, 3.8) is 0 Å². The molecule has 0 aliphatic heterocycles. The second kappa shape index (κ2) is 4.57. The van der Waals surface area contributed by atoms with Crippen molar-refractivity contribution in [2.75, 3.05) is 12.3 Å². The highest BCUT2D eigenvalue weighted by Gasteiger charge is 2.12. The highest BCUT2D eigenvalue weighted by atomic mass is 32.2. The van der Waals surface area contributed by atoms with Gasteiger partial charge in [0.25, 0.3) is 0 Å². The fourth-order valence-electron chi connectivity index (χ4n) is 1.20. The lowest BCUT2D eigenvalue weighted by Crippen LogP contribution is -2.11. The molecule has 2 N–H and O–H groups in total. The van der Waals surface area contributed by atoms with Crippen molar-refractivity contribution < 1.29 is 8.42 Å². The third-order valence-corrected chi connectivity index (χ3v) is 3.76. The van der Waals surface area contributed by atoms with Crippen LogP contribution in [0.2, 0.25) is 0 Å². The van der Waals surface area contributed by atoms with Crippen molar-refractivity contribution in [1.29, 1.82) is 0 Å². The van der Waals surface area contributed by atoms with Gasteiger partial charge >= 0.3 is 0 Å². The van der Waals surface area contributed by atoms with Crippen molar-refractivity contribution in [1.82, 2.24) is 0 Å². The molecule has 1 aromatic rings. The van der Waals surface area contributed by atoms with E-state index in [0.29, 0.717) is 17.9 Å². The zero-order chi connectivity index (χ0) is 10.6. The van der Waals surface area contributed by atoms with E-state index < -0.39 is 9.84 Å². The Morgan fingerprint density at radius 2 is 2.07 bits per heavy atom. The van der Waals surface area contributed by atoms with Crippen LogP contribution in [0.15, 0.2) is 29.2 Å². The first-order valence-electron chi connectivity index (χ1n) is 4.56. The minimum Gasteiger partial charge on any atom is -0.330 e. The second-order valence-corrected chi connectivity index (χ2v) is 5.39. The van der Waals surface area contributed by atoms with E-state index in [1.165, 1.54) is 0 Å². The number of rotatable bonds is 4. The number of benzene rings is 1. The number of nitrogens with two attached hydrogens (primary N) is 1. The topological polar surface area (TPSA) is 60.2 Å². The zero-order valence-corrected chi connectivity index (χ0v) is 9.05. The Hall–Kier alpha value is -0.870. The molecule has 0 amide bonds. The summed E-state index contributed by atoms with van der Waals surface area (Å²) in [5.41, 5.74) is 6.24. The normalized spacial score (nSPS) is 11.6. The summed E-state index contributed by atoms with van der Waals surface area (Å²) in [6.45, 7) is 2.28. The van der Waals surface area contributed by atoms with Gasteiger partial charge in [-0.2, -0.15) is 0 Å². The lowest BCUT2D eigenvalue weighted by atomic mass is 10.2. The maximum atomic E-state index is 11.7. The number of aryl methyl sites for hydroxylation is 1. The van der Waals surface area contributed by atoms with Gasteiger partial charge in [-0.05, 0) is 37.6 Å². The SMILES string of the molecule is Cc1cccc(S(=O)(=O)CCCN)c1. The molecule has 0 heterocycles. The van der Waals surface area contributed by atoms with E-state index in [1.807, 2.05) is 13.0 Å². The van der Waals surface area contributed by atoms with Crippen LogP contribution in [0.4, 0.5) is 0 Å². The van der Waals surface area contributed by atoms with Gasteiger partial charge in [-0.25, -0.2) is 8.42 Å². The molecule has 78 valence electrons. The maximum Gasteiger partial charge on any atom is 0.178 e. The van der Waals surface area contributed by atoms with E-state index in [-0.39, 0.29) is 5.75 Å². The van der Waals surface area contributed by atoms with Gasteiger partial charge in [0.2, 0.25) is 0 Å². The minimum absolute atomic E-state index is 0.132. The highest BCUT2D eigenvalue weighted by Crippen LogP contribution is 2.13. The molecular weight excluding hydrogens is 198 g/mol. The monoisotopic (exact) mass is 213 g/mol. The number of sulfone groups is 1. The lowest BCUT2D eigenvalue weighted by Gasteiger charge is -2.03. The Labute approximate surface area is 84.9 Å². The lowest BCUT2D eigenvalue weighted by molar-refractivity contribution is 0.593. The van der Waals surface area contributed by atoms with Crippen LogP contribution in [0.5, 0.6) is 0 Å². The average Bonchev–Trinajstić information content (AvgIpc) is 2.15. The summed E-state index contributed by atoms with van der Waals surface area (Å²) in [6, 6.07) is 6.94. The second-order valence-electron chi connectivity index (χ2n) is 3.28. The smallest absolute Gasteiger partial charge is 0.178 e. The van der Waals surface area contributed by atoms with Crippen molar-refractivity contribution >= 4 is 9.84 Å². The quantitative estimate of drug-likeness (QED) is 0.815. The Bertz CT molecular complexity index is 398. The molecule has 3 nitrogen and oxygen atoms in total. The van der Waals surface area contributed by atoms with Gasteiger partial charge in [-0.15, -0.1) is 0 Å². The zero-order valence-electron chi connectivity index (χ0n) is 8.23. The fourth-order valence-corrected chi connectivity index (χ4v) is 2.63. The summed E-state index contributed by atoms with van der Waals surface area (Å²) in [7, 11) is -3.12. The van der Waals surface area contributed by atoms with Gasteiger partial charge in [-0.1, -0.05) is 12.1 Å². The van der Waals surface area contributed by atoms with Gasteiger partial charge in [-0.3, -0.25) is 0 Å². The van der Waals surface area contributed by atoms with Gasteiger partial charge in [0, 0.05) is 0 Å². The molecule has 0 aromatic heterocycles. The summed E-state index contributed by atoms with van der Waals surface area (Å²) in [6.07, 6.45) is 0.510. The Balaban J connectivity index is 2.93. The van der Waals surface area contributed by atoms with E-state index >= 15 is 0 Å². The average molecular weight is 213 g/mol. The first-order valence-corrected chi connectivity index (χ1v) is 6.21. The molecule has 0 atom stereocenters. The molecule has 0 fully saturated rings. The van der Waals surface area contributed by atoms with E-state index in [1.54, 1.807) is 18.2 Å². The molecule has 0 aliphatic rings. The Kier molecular flexibility index (Phi) is 3.66. The van der Waals surface area contributed by atoms with Gasteiger partial charge in [0.05, 0.1) is 10.6 Å². The summed E-state index contributed by atoms with van der Waals surface area (Å²) >= 11 is 0. The molecule has 4 heteroatoms.